The van der Waals surface area contributed by atoms with Gasteiger partial charge in [0, 0.05) is 18.0 Å². The molecular weight excluding hydrogens is 294 g/mol. The monoisotopic (exact) mass is 313 g/mol. The van der Waals surface area contributed by atoms with Gasteiger partial charge in [0.2, 0.25) is 5.91 Å². The molecule has 0 aliphatic carbocycles. The summed E-state index contributed by atoms with van der Waals surface area (Å²) in [4.78, 5) is 34.4. The summed E-state index contributed by atoms with van der Waals surface area (Å²) in [5.74, 6) is -2.16. The fourth-order valence-electron chi connectivity index (χ4n) is 1.56. The van der Waals surface area contributed by atoms with Crippen LogP contribution in [0, 0.1) is 0 Å². The second kappa shape index (κ2) is 6.77. The summed E-state index contributed by atoms with van der Waals surface area (Å²) in [5, 5.41) is 11.1. The van der Waals surface area contributed by atoms with E-state index in [0.29, 0.717) is 5.69 Å². The first kappa shape index (κ1) is 17.3. The Kier molecular flexibility index (Phi) is 5.56. The molecule has 0 bridgehead atoms. The number of hydrogen-bond donors (Lipinski definition) is 3. The summed E-state index contributed by atoms with van der Waals surface area (Å²) < 4.78 is 0.775. The molecule has 1 rings (SSSR count). The molecule has 1 aromatic heterocycles. The fraction of sp³-hybridized carbons (Fsp3) is 0.462. The van der Waals surface area contributed by atoms with Crippen molar-refractivity contribution in [2.24, 2.45) is 12.8 Å². The predicted molar refractivity (Wildman–Crippen MR) is 80.0 cm³/mol. The average molecular weight is 313 g/mol. The number of amides is 2. The van der Waals surface area contributed by atoms with Gasteiger partial charge < -0.3 is 15.4 Å². The van der Waals surface area contributed by atoms with E-state index >= 15 is 0 Å². The normalized spacial score (nSPS) is 12.8. The number of carbonyl (C=O) groups excluding carboxylic acids is 2. The number of thioether (sulfide) groups is 1. The third kappa shape index (κ3) is 4.61. The Morgan fingerprint density at radius 3 is 2.57 bits per heavy atom. The number of imide groups is 1. The van der Waals surface area contributed by atoms with E-state index < -0.39 is 28.6 Å². The Bertz CT molecular complexity index is 553. The van der Waals surface area contributed by atoms with Crippen LogP contribution >= 0.6 is 11.8 Å². The van der Waals surface area contributed by atoms with Crippen molar-refractivity contribution < 1.29 is 19.5 Å². The molecule has 21 heavy (non-hydrogen) atoms. The van der Waals surface area contributed by atoms with Crippen molar-refractivity contribution in [3.8, 4) is 0 Å². The topological polar surface area (TPSA) is 114 Å². The van der Waals surface area contributed by atoms with E-state index in [1.165, 1.54) is 0 Å². The van der Waals surface area contributed by atoms with Gasteiger partial charge in [-0.2, -0.15) is 0 Å². The summed E-state index contributed by atoms with van der Waals surface area (Å²) in [6.07, 6.45) is 1.70. The lowest BCUT2D eigenvalue weighted by Crippen LogP contribution is -2.47. The number of aryl methyl sites for hydroxylation is 1. The number of carbonyl (C=O) groups is 3. The molecule has 0 aliphatic heterocycles. The van der Waals surface area contributed by atoms with Gasteiger partial charge in [-0.3, -0.25) is 19.7 Å². The largest absolute Gasteiger partial charge is 0.480 e. The van der Waals surface area contributed by atoms with Crippen LogP contribution in [0.1, 0.15) is 24.3 Å². The molecule has 2 amide bonds. The summed E-state index contributed by atoms with van der Waals surface area (Å²) in [6.45, 7) is 3.28. The van der Waals surface area contributed by atoms with Crippen LogP contribution in [0.5, 0.6) is 0 Å². The molecule has 1 heterocycles. The lowest BCUT2D eigenvalue weighted by Gasteiger charge is -2.27. The Morgan fingerprint density at radius 1 is 1.48 bits per heavy atom. The van der Waals surface area contributed by atoms with E-state index in [1.807, 2.05) is 0 Å². The quantitative estimate of drug-likeness (QED) is 0.691. The highest BCUT2D eigenvalue weighted by Gasteiger charge is 2.33. The maximum absolute atomic E-state index is 11.8. The van der Waals surface area contributed by atoms with Crippen LogP contribution in [0.25, 0.3) is 0 Å². The van der Waals surface area contributed by atoms with Gasteiger partial charge in [0.05, 0.1) is 5.75 Å². The third-order valence-corrected chi connectivity index (χ3v) is 4.42. The first-order valence-corrected chi connectivity index (χ1v) is 7.21. The van der Waals surface area contributed by atoms with Gasteiger partial charge in [0.1, 0.15) is 11.7 Å². The lowest BCUT2D eigenvalue weighted by atomic mass is 10.1. The minimum absolute atomic E-state index is 0.0514. The zero-order valence-corrected chi connectivity index (χ0v) is 12.9. The van der Waals surface area contributed by atoms with E-state index in [-0.39, 0.29) is 5.75 Å². The summed E-state index contributed by atoms with van der Waals surface area (Å²) in [7, 11) is 1.70. The number of aliphatic carboxylic acids is 1. The van der Waals surface area contributed by atoms with Crippen molar-refractivity contribution in [1.29, 1.82) is 0 Å². The Balaban J connectivity index is 2.53. The Morgan fingerprint density at radius 2 is 2.10 bits per heavy atom. The molecular formula is C13H19N3O4S. The molecule has 8 heteroatoms. The van der Waals surface area contributed by atoms with Crippen LogP contribution in [0.3, 0.4) is 0 Å². The SMILES string of the molecule is Cn1cccc1C(=O)NC(=O)CSC(C)(C)[C@@H](N)C(=O)O. The second-order valence-electron chi connectivity index (χ2n) is 5.09. The molecule has 0 saturated heterocycles. The van der Waals surface area contributed by atoms with E-state index in [9.17, 15) is 14.4 Å². The molecule has 0 saturated carbocycles. The van der Waals surface area contributed by atoms with Crippen LogP contribution in [0.4, 0.5) is 0 Å². The highest BCUT2D eigenvalue weighted by molar-refractivity contribution is 8.01. The smallest absolute Gasteiger partial charge is 0.321 e. The van der Waals surface area contributed by atoms with Crippen molar-refractivity contribution in [2.45, 2.75) is 24.6 Å². The standard InChI is InChI=1S/C13H19N3O4S/c1-13(2,10(14)12(19)20)21-7-9(17)15-11(18)8-5-4-6-16(8)3/h4-6,10H,7,14H2,1-3H3,(H,19,20)(H,15,17,18)/t10-/m0/s1. The Hall–Kier alpha value is -1.80. The zero-order valence-electron chi connectivity index (χ0n) is 12.1. The molecule has 116 valence electrons. The van der Waals surface area contributed by atoms with Crippen molar-refractivity contribution in [3.05, 3.63) is 24.0 Å². The highest BCUT2D eigenvalue weighted by Crippen LogP contribution is 2.27. The van der Waals surface area contributed by atoms with Crippen LogP contribution in [0.2, 0.25) is 0 Å². The van der Waals surface area contributed by atoms with Crippen molar-refractivity contribution >= 4 is 29.5 Å². The van der Waals surface area contributed by atoms with Gasteiger partial charge in [-0.1, -0.05) is 0 Å². The van der Waals surface area contributed by atoms with Crippen LogP contribution < -0.4 is 11.1 Å². The van der Waals surface area contributed by atoms with E-state index in [0.717, 1.165) is 11.8 Å². The molecule has 1 aromatic rings. The van der Waals surface area contributed by atoms with E-state index in [2.05, 4.69) is 5.32 Å². The van der Waals surface area contributed by atoms with Crippen LogP contribution in [0.15, 0.2) is 18.3 Å². The molecule has 0 aromatic carbocycles. The number of carboxylic acid groups (broad SMARTS) is 1. The molecule has 1 atom stereocenters. The van der Waals surface area contributed by atoms with Gasteiger partial charge in [0.15, 0.2) is 0 Å². The lowest BCUT2D eigenvalue weighted by molar-refractivity contribution is -0.139. The molecule has 0 radical (unpaired) electrons. The van der Waals surface area contributed by atoms with Crippen molar-refractivity contribution in [1.82, 2.24) is 9.88 Å². The van der Waals surface area contributed by atoms with Gasteiger partial charge in [-0.25, -0.2) is 0 Å². The number of nitrogens with one attached hydrogen (secondary N) is 1. The van der Waals surface area contributed by atoms with Gasteiger partial charge in [0.25, 0.3) is 5.91 Å². The number of rotatable bonds is 6. The van der Waals surface area contributed by atoms with Gasteiger partial charge in [-0.05, 0) is 26.0 Å². The average Bonchev–Trinajstić information content (AvgIpc) is 2.81. The maximum Gasteiger partial charge on any atom is 0.321 e. The highest BCUT2D eigenvalue weighted by atomic mass is 32.2. The number of nitrogens with two attached hydrogens (primary N) is 1. The minimum atomic E-state index is -1.13. The maximum atomic E-state index is 11.8. The third-order valence-electron chi connectivity index (χ3n) is 3.02. The fourth-order valence-corrected chi connectivity index (χ4v) is 2.42. The molecule has 7 nitrogen and oxygen atoms in total. The van der Waals surface area contributed by atoms with Crippen LogP contribution in [-0.2, 0) is 16.6 Å². The van der Waals surface area contributed by atoms with Gasteiger partial charge >= 0.3 is 5.97 Å². The molecule has 0 aliphatic rings. The molecule has 0 spiro atoms. The molecule has 0 unspecified atom stereocenters. The van der Waals surface area contributed by atoms with Crippen LogP contribution in [-0.4, -0.2) is 44.0 Å². The van der Waals surface area contributed by atoms with Crippen molar-refractivity contribution in [2.75, 3.05) is 5.75 Å². The van der Waals surface area contributed by atoms with E-state index in [4.69, 9.17) is 10.8 Å². The second-order valence-corrected chi connectivity index (χ2v) is 6.72. The minimum Gasteiger partial charge on any atom is -0.480 e. The van der Waals surface area contributed by atoms with Crippen molar-refractivity contribution in [3.63, 3.8) is 0 Å². The zero-order chi connectivity index (χ0) is 16.2. The predicted octanol–water partition coefficient (Wildman–Crippen LogP) is 0.205. The summed E-state index contributed by atoms with van der Waals surface area (Å²) in [5.41, 5.74) is 5.93. The number of hydrogen-bond acceptors (Lipinski definition) is 5. The summed E-state index contributed by atoms with van der Waals surface area (Å²) in [6, 6.07) is 2.20. The number of carboxylic acids is 1. The number of nitrogens with zero attached hydrogens (tertiary/aromatic N) is 1. The molecule has 0 fully saturated rings. The van der Waals surface area contributed by atoms with Gasteiger partial charge in [-0.15, -0.1) is 11.8 Å². The number of aromatic nitrogens is 1. The van der Waals surface area contributed by atoms with E-state index in [1.54, 1.807) is 43.8 Å². The first-order chi connectivity index (χ1) is 9.65. The molecule has 4 N–H and O–H groups in total. The first-order valence-electron chi connectivity index (χ1n) is 6.23. The Labute approximate surface area is 126 Å². The summed E-state index contributed by atoms with van der Waals surface area (Å²) >= 11 is 1.09.